The number of carbonyl (C=O) groups excluding carboxylic acids is 2. The standard InChI is InChI=1S/C25H24Cl2N4O6S/c1-17(25(33)28-2)29(15-18-8-13-22(26)23(27)14-18)24(32)16-30(19-9-11-20(12-10-19)31(34)35)38(36,37)21-6-4-3-5-7-21/h3-14,17H,15-16H2,1-2H3,(H,28,33)/t17-/m1/s1. The number of hydrogen-bond acceptors (Lipinski definition) is 6. The number of carbonyl (C=O) groups is 2. The first-order chi connectivity index (χ1) is 17.9. The molecule has 3 aromatic rings. The molecule has 0 aromatic heterocycles. The molecule has 0 saturated carbocycles. The van der Waals surface area contributed by atoms with Crippen LogP contribution in [0.25, 0.3) is 0 Å². The minimum Gasteiger partial charge on any atom is -0.357 e. The Morgan fingerprint density at radius 2 is 1.63 bits per heavy atom. The third-order valence-electron chi connectivity index (χ3n) is 5.71. The highest BCUT2D eigenvalue weighted by molar-refractivity contribution is 7.92. The lowest BCUT2D eigenvalue weighted by Crippen LogP contribution is -2.50. The summed E-state index contributed by atoms with van der Waals surface area (Å²) < 4.78 is 28.1. The number of likely N-dealkylation sites (N-methyl/N-ethyl adjacent to an activating group) is 1. The van der Waals surface area contributed by atoms with Crippen LogP contribution < -0.4 is 9.62 Å². The SMILES string of the molecule is CNC(=O)[C@@H](C)N(Cc1ccc(Cl)c(Cl)c1)C(=O)CN(c1ccc([N+](=O)[O-])cc1)S(=O)(=O)c1ccccc1. The number of sulfonamides is 1. The number of nitrogens with one attached hydrogen (secondary N) is 1. The van der Waals surface area contributed by atoms with Crippen molar-refractivity contribution in [1.82, 2.24) is 10.2 Å². The van der Waals surface area contributed by atoms with Crippen LogP contribution >= 0.6 is 23.2 Å². The molecule has 0 aliphatic heterocycles. The van der Waals surface area contributed by atoms with Crippen molar-refractivity contribution in [3.63, 3.8) is 0 Å². The summed E-state index contributed by atoms with van der Waals surface area (Å²) in [6.45, 7) is 0.762. The number of halogens is 2. The van der Waals surface area contributed by atoms with E-state index < -0.39 is 39.3 Å². The molecule has 38 heavy (non-hydrogen) atoms. The normalized spacial score (nSPS) is 11.9. The first-order valence-electron chi connectivity index (χ1n) is 11.2. The Morgan fingerprint density at radius 3 is 2.18 bits per heavy atom. The average molecular weight is 579 g/mol. The molecule has 0 heterocycles. The lowest BCUT2D eigenvalue weighted by molar-refractivity contribution is -0.384. The number of rotatable bonds is 10. The van der Waals surface area contributed by atoms with E-state index in [1.807, 2.05) is 0 Å². The highest BCUT2D eigenvalue weighted by atomic mass is 35.5. The molecule has 0 aliphatic rings. The number of amides is 2. The fourth-order valence-electron chi connectivity index (χ4n) is 3.62. The van der Waals surface area contributed by atoms with Crippen LogP contribution in [0.15, 0.2) is 77.7 Å². The Kier molecular flexibility index (Phi) is 9.31. The van der Waals surface area contributed by atoms with Crippen molar-refractivity contribution in [3.8, 4) is 0 Å². The van der Waals surface area contributed by atoms with E-state index in [-0.39, 0.29) is 27.8 Å². The van der Waals surface area contributed by atoms with Gasteiger partial charge < -0.3 is 10.2 Å². The molecule has 1 N–H and O–H groups in total. The number of non-ortho nitro benzene ring substituents is 1. The average Bonchev–Trinajstić information content (AvgIpc) is 2.91. The van der Waals surface area contributed by atoms with Crippen LogP contribution in [-0.4, -0.2) is 49.7 Å². The van der Waals surface area contributed by atoms with E-state index in [0.29, 0.717) is 10.6 Å². The zero-order valence-electron chi connectivity index (χ0n) is 20.4. The molecule has 200 valence electrons. The maximum atomic E-state index is 13.7. The third kappa shape index (κ3) is 6.60. The largest absolute Gasteiger partial charge is 0.357 e. The smallest absolute Gasteiger partial charge is 0.269 e. The van der Waals surface area contributed by atoms with Gasteiger partial charge in [0, 0.05) is 25.7 Å². The van der Waals surface area contributed by atoms with Crippen LogP contribution in [0.2, 0.25) is 10.0 Å². The van der Waals surface area contributed by atoms with Gasteiger partial charge in [0.1, 0.15) is 12.6 Å². The summed E-state index contributed by atoms with van der Waals surface area (Å²) in [6.07, 6.45) is 0. The summed E-state index contributed by atoms with van der Waals surface area (Å²) >= 11 is 12.1. The number of hydrogen-bond donors (Lipinski definition) is 1. The van der Waals surface area contributed by atoms with Crippen LogP contribution in [0.3, 0.4) is 0 Å². The lowest BCUT2D eigenvalue weighted by Gasteiger charge is -2.31. The van der Waals surface area contributed by atoms with Crippen molar-refractivity contribution in [2.24, 2.45) is 0 Å². The van der Waals surface area contributed by atoms with E-state index in [1.165, 1.54) is 55.3 Å². The minimum atomic E-state index is -4.28. The summed E-state index contributed by atoms with van der Waals surface area (Å²) in [5.41, 5.74) is 0.359. The molecule has 1 atom stereocenters. The molecule has 0 bridgehead atoms. The molecule has 0 aliphatic carbocycles. The van der Waals surface area contributed by atoms with Crippen molar-refractivity contribution in [1.29, 1.82) is 0 Å². The molecular formula is C25H24Cl2N4O6S. The monoisotopic (exact) mass is 578 g/mol. The van der Waals surface area contributed by atoms with Gasteiger partial charge in [0.05, 0.1) is 25.6 Å². The van der Waals surface area contributed by atoms with Crippen LogP contribution in [0.5, 0.6) is 0 Å². The summed E-state index contributed by atoms with van der Waals surface area (Å²) in [5.74, 6) is -1.16. The molecule has 2 amide bonds. The number of nitro groups is 1. The molecule has 0 fully saturated rings. The molecule has 13 heteroatoms. The lowest BCUT2D eigenvalue weighted by atomic mass is 10.1. The third-order valence-corrected chi connectivity index (χ3v) is 8.24. The second-order valence-corrected chi connectivity index (χ2v) is 10.8. The molecule has 0 unspecified atom stereocenters. The van der Waals surface area contributed by atoms with Crippen molar-refractivity contribution in [3.05, 3.63) is 98.5 Å². The van der Waals surface area contributed by atoms with Gasteiger partial charge in [0.25, 0.3) is 15.7 Å². The molecule has 3 rings (SSSR count). The van der Waals surface area contributed by atoms with E-state index in [9.17, 15) is 28.1 Å². The van der Waals surface area contributed by atoms with Gasteiger partial charge in [-0.3, -0.25) is 24.0 Å². The number of nitro benzene ring substituents is 1. The van der Waals surface area contributed by atoms with Gasteiger partial charge >= 0.3 is 0 Å². The van der Waals surface area contributed by atoms with Crippen LogP contribution in [0.4, 0.5) is 11.4 Å². The van der Waals surface area contributed by atoms with Crippen molar-refractivity contribution < 1.29 is 22.9 Å². The zero-order valence-corrected chi connectivity index (χ0v) is 22.7. The predicted molar refractivity (Wildman–Crippen MR) is 145 cm³/mol. The summed E-state index contributed by atoms with van der Waals surface area (Å²) in [5, 5.41) is 14.2. The van der Waals surface area contributed by atoms with Crippen molar-refractivity contribution in [2.75, 3.05) is 17.9 Å². The Labute approximate surface area is 230 Å². The van der Waals surface area contributed by atoms with Gasteiger partial charge in [0.15, 0.2) is 0 Å². The second kappa shape index (κ2) is 12.2. The van der Waals surface area contributed by atoms with E-state index in [4.69, 9.17) is 23.2 Å². The number of nitrogens with zero attached hydrogens (tertiary/aromatic N) is 3. The quantitative estimate of drug-likeness (QED) is 0.282. The molecule has 0 saturated heterocycles. The molecule has 3 aromatic carbocycles. The second-order valence-electron chi connectivity index (χ2n) is 8.16. The zero-order chi connectivity index (χ0) is 28.0. The van der Waals surface area contributed by atoms with Crippen LogP contribution in [-0.2, 0) is 26.2 Å². The van der Waals surface area contributed by atoms with Gasteiger partial charge in [-0.2, -0.15) is 0 Å². The fourth-order valence-corrected chi connectivity index (χ4v) is 5.37. The fraction of sp³-hybridized carbons (Fsp3) is 0.200. The highest BCUT2D eigenvalue weighted by Crippen LogP contribution is 2.27. The van der Waals surface area contributed by atoms with Crippen molar-refractivity contribution >= 4 is 56.4 Å². The van der Waals surface area contributed by atoms with Crippen molar-refractivity contribution in [2.45, 2.75) is 24.4 Å². The van der Waals surface area contributed by atoms with Crippen LogP contribution in [0.1, 0.15) is 12.5 Å². The molecule has 0 spiro atoms. The van der Waals surface area contributed by atoms with Gasteiger partial charge in [-0.1, -0.05) is 47.5 Å². The van der Waals surface area contributed by atoms with E-state index in [2.05, 4.69) is 5.32 Å². The molecule has 0 radical (unpaired) electrons. The predicted octanol–water partition coefficient (Wildman–Crippen LogP) is 4.26. The van der Waals surface area contributed by atoms with E-state index >= 15 is 0 Å². The highest BCUT2D eigenvalue weighted by Gasteiger charge is 2.32. The number of anilines is 1. The Balaban J connectivity index is 2.04. The van der Waals surface area contributed by atoms with Gasteiger partial charge in [-0.25, -0.2) is 8.42 Å². The summed E-state index contributed by atoms with van der Waals surface area (Å²) in [7, 11) is -2.86. The molecular weight excluding hydrogens is 555 g/mol. The maximum absolute atomic E-state index is 13.7. The first-order valence-corrected chi connectivity index (χ1v) is 13.4. The van der Waals surface area contributed by atoms with E-state index in [0.717, 1.165) is 16.4 Å². The first kappa shape index (κ1) is 28.9. The Bertz CT molecular complexity index is 1440. The van der Waals surface area contributed by atoms with Gasteiger partial charge in [-0.15, -0.1) is 0 Å². The maximum Gasteiger partial charge on any atom is 0.269 e. The van der Waals surface area contributed by atoms with Gasteiger partial charge in [0.2, 0.25) is 11.8 Å². The summed E-state index contributed by atoms with van der Waals surface area (Å²) in [4.78, 5) is 37.8. The van der Waals surface area contributed by atoms with E-state index in [1.54, 1.807) is 24.3 Å². The Morgan fingerprint density at radius 1 is 1.00 bits per heavy atom. The number of benzene rings is 3. The molecule has 10 nitrogen and oxygen atoms in total. The topological polar surface area (TPSA) is 130 Å². The minimum absolute atomic E-state index is 0.0369. The Hall–Kier alpha value is -3.67. The van der Waals surface area contributed by atoms with Crippen LogP contribution in [0, 0.1) is 10.1 Å². The summed E-state index contributed by atoms with van der Waals surface area (Å²) in [6, 6.07) is 16.0. The van der Waals surface area contributed by atoms with Gasteiger partial charge in [-0.05, 0) is 48.9 Å².